The van der Waals surface area contributed by atoms with Crippen molar-refractivity contribution in [1.82, 2.24) is 24.6 Å². The first kappa shape index (κ1) is 13.5. The molecule has 3 aromatic heterocycles. The third-order valence-corrected chi connectivity index (χ3v) is 5.63. The van der Waals surface area contributed by atoms with E-state index in [4.69, 9.17) is 10.7 Å². The number of hydrogen-bond donors (Lipinski definition) is 2. The van der Waals surface area contributed by atoms with E-state index in [9.17, 15) is 0 Å². The number of nitrogens with one attached hydrogen (secondary N) is 1. The molecule has 6 nitrogen and oxygen atoms in total. The molecule has 3 N–H and O–H groups in total. The Morgan fingerprint density at radius 2 is 2.13 bits per heavy atom. The number of nitrogens with two attached hydrogens (primary N) is 1. The van der Waals surface area contributed by atoms with Gasteiger partial charge in [-0.1, -0.05) is 0 Å². The number of anilines is 1. The van der Waals surface area contributed by atoms with Crippen LogP contribution >= 0.6 is 15.9 Å². The fourth-order valence-electron chi connectivity index (χ4n) is 3.76. The van der Waals surface area contributed by atoms with Gasteiger partial charge in [0.25, 0.3) is 0 Å². The quantitative estimate of drug-likeness (QED) is 0.723. The van der Waals surface area contributed by atoms with E-state index < -0.39 is 0 Å². The van der Waals surface area contributed by atoms with Crippen LogP contribution in [0.1, 0.15) is 53.9 Å². The van der Waals surface area contributed by atoms with E-state index in [0.29, 0.717) is 17.7 Å². The second-order valence-corrected chi connectivity index (χ2v) is 7.32. The van der Waals surface area contributed by atoms with Gasteiger partial charge in [-0.15, -0.1) is 0 Å². The number of hydrogen-bond acceptors (Lipinski definition) is 4. The molecule has 118 valence electrons. The van der Waals surface area contributed by atoms with Crippen LogP contribution in [-0.2, 0) is 12.8 Å². The van der Waals surface area contributed by atoms with Gasteiger partial charge in [-0.3, -0.25) is 9.50 Å². The van der Waals surface area contributed by atoms with Crippen molar-refractivity contribution in [3.63, 3.8) is 0 Å². The highest BCUT2D eigenvalue weighted by Crippen LogP contribution is 2.44. The lowest BCUT2D eigenvalue weighted by Crippen LogP contribution is -2.15. The van der Waals surface area contributed by atoms with Gasteiger partial charge in [-0.05, 0) is 53.6 Å². The smallest absolute Gasteiger partial charge is 0.150 e. The zero-order valence-corrected chi connectivity index (χ0v) is 14.2. The lowest BCUT2D eigenvalue weighted by molar-refractivity contribution is 0.546. The highest BCUT2D eigenvalue weighted by atomic mass is 79.9. The Balaban J connectivity index is 1.58. The van der Waals surface area contributed by atoms with E-state index in [1.807, 2.05) is 6.20 Å². The number of halogens is 1. The van der Waals surface area contributed by atoms with Gasteiger partial charge in [-0.25, -0.2) is 9.97 Å². The minimum absolute atomic E-state index is 0.387. The highest BCUT2D eigenvalue weighted by Gasteiger charge is 2.34. The summed E-state index contributed by atoms with van der Waals surface area (Å²) in [5, 5.41) is 7.83. The maximum atomic E-state index is 6.02. The number of imidazole rings is 1. The van der Waals surface area contributed by atoms with Crippen LogP contribution in [0.25, 0.3) is 5.52 Å². The van der Waals surface area contributed by atoms with Crippen LogP contribution in [0.4, 0.5) is 5.82 Å². The van der Waals surface area contributed by atoms with Crippen molar-refractivity contribution < 1.29 is 0 Å². The molecule has 0 aromatic carbocycles. The fourth-order valence-corrected chi connectivity index (χ4v) is 4.34. The van der Waals surface area contributed by atoms with Gasteiger partial charge in [0.1, 0.15) is 15.9 Å². The summed E-state index contributed by atoms with van der Waals surface area (Å²) in [7, 11) is 0. The molecular weight excluding hydrogens is 356 g/mol. The molecule has 0 spiro atoms. The van der Waals surface area contributed by atoms with E-state index in [1.54, 1.807) is 6.20 Å². The van der Waals surface area contributed by atoms with Crippen LogP contribution in [0.15, 0.2) is 17.0 Å². The summed E-state index contributed by atoms with van der Waals surface area (Å²) in [4.78, 5) is 8.92. The molecule has 0 bridgehead atoms. The summed E-state index contributed by atoms with van der Waals surface area (Å²) >= 11 is 3.54. The SMILES string of the molecule is Nc1nccn2c(C3CCc4[nH]nc(C5CC5)c4C3)nc(Br)c12. The molecule has 1 unspecified atom stereocenters. The molecule has 7 heteroatoms. The fraction of sp³-hybridized carbons (Fsp3) is 0.438. The summed E-state index contributed by atoms with van der Waals surface area (Å²) in [6.45, 7) is 0. The Kier molecular flexibility index (Phi) is 2.83. The molecule has 3 heterocycles. The topological polar surface area (TPSA) is 84.9 Å². The molecule has 5 rings (SSSR count). The van der Waals surface area contributed by atoms with Crippen molar-refractivity contribution in [1.29, 1.82) is 0 Å². The van der Waals surface area contributed by atoms with Gasteiger partial charge < -0.3 is 5.73 Å². The molecule has 2 aliphatic rings. The maximum absolute atomic E-state index is 6.02. The monoisotopic (exact) mass is 372 g/mol. The summed E-state index contributed by atoms with van der Waals surface area (Å²) in [5.74, 6) is 2.64. The van der Waals surface area contributed by atoms with E-state index >= 15 is 0 Å². The number of aromatic nitrogens is 5. The third kappa shape index (κ3) is 2.02. The second-order valence-electron chi connectivity index (χ2n) is 6.57. The molecule has 0 radical (unpaired) electrons. The molecule has 0 saturated heterocycles. The predicted octanol–water partition coefficient (Wildman–Crippen LogP) is 2.95. The number of aryl methyl sites for hydroxylation is 1. The minimum Gasteiger partial charge on any atom is -0.382 e. The predicted molar refractivity (Wildman–Crippen MR) is 90.4 cm³/mol. The van der Waals surface area contributed by atoms with Crippen LogP contribution in [0.3, 0.4) is 0 Å². The zero-order chi connectivity index (χ0) is 15.6. The van der Waals surface area contributed by atoms with Crippen molar-refractivity contribution in [2.45, 2.75) is 43.9 Å². The number of H-pyrrole nitrogens is 1. The van der Waals surface area contributed by atoms with Gasteiger partial charge in [0.2, 0.25) is 0 Å². The number of nitrogens with zero attached hydrogens (tertiary/aromatic N) is 4. The summed E-state index contributed by atoms with van der Waals surface area (Å²) < 4.78 is 2.86. The Labute approximate surface area is 141 Å². The molecule has 3 aromatic rings. The summed E-state index contributed by atoms with van der Waals surface area (Å²) in [5.41, 5.74) is 10.9. The lowest BCUT2D eigenvalue weighted by atomic mass is 9.85. The molecule has 0 aliphatic heterocycles. The van der Waals surface area contributed by atoms with Crippen molar-refractivity contribution in [3.05, 3.63) is 39.8 Å². The highest BCUT2D eigenvalue weighted by molar-refractivity contribution is 9.10. The maximum Gasteiger partial charge on any atom is 0.150 e. The zero-order valence-electron chi connectivity index (χ0n) is 12.6. The van der Waals surface area contributed by atoms with Crippen LogP contribution in [0.2, 0.25) is 0 Å². The van der Waals surface area contributed by atoms with Crippen molar-refractivity contribution in [2.75, 3.05) is 5.73 Å². The first-order valence-corrected chi connectivity index (χ1v) is 8.85. The van der Waals surface area contributed by atoms with E-state index in [-0.39, 0.29) is 0 Å². The van der Waals surface area contributed by atoms with Crippen LogP contribution in [0.5, 0.6) is 0 Å². The largest absolute Gasteiger partial charge is 0.382 e. The number of rotatable bonds is 2. The first-order valence-electron chi connectivity index (χ1n) is 8.06. The number of nitrogen functional groups attached to an aromatic ring is 1. The van der Waals surface area contributed by atoms with E-state index in [1.165, 1.54) is 29.8 Å². The Morgan fingerprint density at radius 3 is 2.96 bits per heavy atom. The van der Waals surface area contributed by atoms with E-state index in [0.717, 1.165) is 35.2 Å². The first-order chi connectivity index (χ1) is 11.2. The average molecular weight is 373 g/mol. The number of aromatic amines is 1. The molecule has 1 atom stereocenters. The lowest BCUT2D eigenvalue weighted by Gasteiger charge is -2.21. The standard InChI is InChI=1S/C16H17BrN6/c17-14-13-15(18)19-5-6-23(13)16(20-14)9-3-4-11-10(7-9)12(22-21-11)8-1-2-8/h5-6,8-9H,1-4,7H2,(H2,18,19)(H,21,22). The molecule has 1 fully saturated rings. The third-order valence-electron chi connectivity index (χ3n) is 5.08. The Morgan fingerprint density at radius 1 is 1.26 bits per heavy atom. The van der Waals surface area contributed by atoms with Crippen molar-refractivity contribution >= 4 is 27.3 Å². The van der Waals surface area contributed by atoms with Gasteiger partial charge in [0.05, 0.1) is 5.69 Å². The van der Waals surface area contributed by atoms with Crippen molar-refractivity contribution in [3.8, 4) is 0 Å². The van der Waals surface area contributed by atoms with Gasteiger partial charge in [0.15, 0.2) is 5.82 Å². The molecule has 0 amide bonds. The second kappa shape index (κ2) is 4.80. The summed E-state index contributed by atoms with van der Waals surface area (Å²) in [6.07, 6.45) is 9.36. The molecule has 23 heavy (non-hydrogen) atoms. The van der Waals surface area contributed by atoms with Gasteiger partial charge >= 0.3 is 0 Å². The van der Waals surface area contributed by atoms with Crippen molar-refractivity contribution in [2.24, 2.45) is 0 Å². The molecular formula is C16H17BrN6. The average Bonchev–Trinajstić information content (AvgIpc) is 3.21. The number of fused-ring (bicyclic) bond motifs is 2. The van der Waals surface area contributed by atoms with Crippen LogP contribution in [0, 0.1) is 0 Å². The Bertz CT molecular complexity index is 907. The van der Waals surface area contributed by atoms with Crippen LogP contribution in [-0.4, -0.2) is 24.6 Å². The molecule has 1 saturated carbocycles. The van der Waals surface area contributed by atoms with Gasteiger partial charge in [-0.2, -0.15) is 5.10 Å². The van der Waals surface area contributed by atoms with E-state index in [2.05, 4.69) is 35.5 Å². The van der Waals surface area contributed by atoms with Crippen LogP contribution < -0.4 is 5.73 Å². The Hall–Kier alpha value is -1.89. The van der Waals surface area contributed by atoms with Gasteiger partial charge in [0, 0.05) is 29.9 Å². The molecule has 2 aliphatic carbocycles. The normalized spacial score (nSPS) is 20.8. The minimum atomic E-state index is 0.387. The summed E-state index contributed by atoms with van der Waals surface area (Å²) in [6, 6.07) is 0.